The molecule has 0 saturated carbocycles. The largest absolute Gasteiger partial charge is 0.465 e. The summed E-state index contributed by atoms with van der Waals surface area (Å²) in [5.74, 6) is -0.942. The van der Waals surface area contributed by atoms with Crippen molar-refractivity contribution in [1.29, 1.82) is 0 Å². The highest BCUT2D eigenvalue weighted by atomic mass is 32.2. The first kappa shape index (κ1) is 20.8. The van der Waals surface area contributed by atoms with Gasteiger partial charge in [-0.25, -0.2) is 14.0 Å². The number of carbonyl (C=O) groups excluding carboxylic acids is 3. The van der Waals surface area contributed by atoms with Crippen molar-refractivity contribution in [3.8, 4) is 0 Å². The minimum absolute atomic E-state index is 0.140. The molecule has 0 aromatic heterocycles. The van der Waals surface area contributed by atoms with Crippen molar-refractivity contribution in [3.63, 3.8) is 0 Å². The SMILES string of the molecule is CC(C)(C)OC(N)=O.COC(=O)c1cc2c(cc1F)SCCC(=O)N2. The van der Waals surface area contributed by atoms with Crippen LogP contribution in [0.5, 0.6) is 0 Å². The highest BCUT2D eigenvalue weighted by Gasteiger charge is 2.20. The van der Waals surface area contributed by atoms with Gasteiger partial charge in [-0.3, -0.25) is 4.79 Å². The third-order valence-corrected chi connectivity index (χ3v) is 3.80. The van der Waals surface area contributed by atoms with Crippen molar-refractivity contribution in [3.05, 3.63) is 23.5 Å². The van der Waals surface area contributed by atoms with E-state index >= 15 is 0 Å². The van der Waals surface area contributed by atoms with Gasteiger partial charge in [-0.05, 0) is 32.9 Å². The molecule has 138 valence electrons. The first-order chi connectivity index (χ1) is 11.5. The van der Waals surface area contributed by atoms with Crippen LogP contribution in [0.25, 0.3) is 0 Å². The minimum Gasteiger partial charge on any atom is -0.465 e. The maximum absolute atomic E-state index is 13.6. The lowest BCUT2D eigenvalue weighted by atomic mass is 10.2. The summed E-state index contributed by atoms with van der Waals surface area (Å²) in [6, 6.07) is 2.56. The number of nitrogens with two attached hydrogens (primary N) is 1. The number of ether oxygens (including phenoxy) is 2. The van der Waals surface area contributed by atoms with Crippen LogP contribution in [0.1, 0.15) is 37.6 Å². The van der Waals surface area contributed by atoms with E-state index in [0.29, 0.717) is 22.8 Å². The van der Waals surface area contributed by atoms with E-state index in [1.54, 1.807) is 20.8 Å². The van der Waals surface area contributed by atoms with Crippen molar-refractivity contribution in [2.45, 2.75) is 37.7 Å². The number of carbonyl (C=O) groups is 3. The smallest absolute Gasteiger partial charge is 0.405 e. The summed E-state index contributed by atoms with van der Waals surface area (Å²) in [5.41, 5.74) is 4.55. The van der Waals surface area contributed by atoms with Gasteiger partial charge in [0.1, 0.15) is 11.4 Å². The lowest BCUT2D eigenvalue weighted by Gasteiger charge is -2.16. The van der Waals surface area contributed by atoms with Crippen LogP contribution in [-0.2, 0) is 14.3 Å². The first-order valence-corrected chi connectivity index (χ1v) is 8.35. The van der Waals surface area contributed by atoms with E-state index in [4.69, 9.17) is 5.73 Å². The van der Waals surface area contributed by atoms with Crippen molar-refractivity contribution in [2.75, 3.05) is 18.2 Å². The molecule has 1 aromatic carbocycles. The first-order valence-electron chi connectivity index (χ1n) is 7.36. The molecule has 9 heteroatoms. The van der Waals surface area contributed by atoms with Crippen LogP contribution in [0, 0.1) is 5.82 Å². The zero-order valence-electron chi connectivity index (χ0n) is 14.5. The molecule has 25 heavy (non-hydrogen) atoms. The van der Waals surface area contributed by atoms with E-state index in [1.165, 1.54) is 31.0 Å². The normalized spacial score (nSPS) is 13.4. The van der Waals surface area contributed by atoms with E-state index in [-0.39, 0.29) is 11.5 Å². The van der Waals surface area contributed by atoms with Crippen molar-refractivity contribution in [1.82, 2.24) is 0 Å². The number of esters is 1. The molecule has 0 bridgehead atoms. The number of amides is 2. The predicted molar refractivity (Wildman–Crippen MR) is 92.1 cm³/mol. The van der Waals surface area contributed by atoms with Gasteiger partial charge in [0.15, 0.2) is 0 Å². The monoisotopic (exact) mass is 372 g/mol. The molecule has 0 saturated heterocycles. The molecule has 0 aliphatic carbocycles. The Kier molecular flexibility index (Phi) is 7.22. The van der Waals surface area contributed by atoms with E-state index in [0.717, 1.165) is 0 Å². The fraction of sp³-hybridized carbons (Fsp3) is 0.438. The van der Waals surface area contributed by atoms with Crippen LogP contribution in [0.15, 0.2) is 17.0 Å². The highest BCUT2D eigenvalue weighted by molar-refractivity contribution is 7.99. The molecule has 0 atom stereocenters. The van der Waals surface area contributed by atoms with Gasteiger partial charge in [0.05, 0.1) is 18.4 Å². The number of halogens is 1. The summed E-state index contributed by atoms with van der Waals surface area (Å²) in [4.78, 5) is 33.3. The molecular formula is C16H21FN2O5S. The topological polar surface area (TPSA) is 108 Å². The highest BCUT2D eigenvalue weighted by Crippen LogP contribution is 2.33. The zero-order chi connectivity index (χ0) is 19.2. The maximum Gasteiger partial charge on any atom is 0.405 e. The molecule has 3 N–H and O–H groups in total. The van der Waals surface area contributed by atoms with Gasteiger partial charge in [0.2, 0.25) is 5.91 Å². The lowest BCUT2D eigenvalue weighted by molar-refractivity contribution is -0.115. The number of hydrogen-bond donors (Lipinski definition) is 2. The second kappa shape index (κ2) is 8.70. The molecule has 2 amide bonds. The molecule has 7 nitrogen and oxygen atoms in total. The molecule has 0 radical (unpaired) electrons. The number of fused-ring (bicyclic) bond motifs is 1. The van der Waals surface area contributed by atoms with Gasteiger partial charge in [-0.15, -0.1) is 11.8 Å². The number of primary amides is 1. The van der Waals surface area contributed by atoms with Gasteiger partial charge < -0.3 is 20.5 Å². The summed E-state index contributed by atoms with van der Waals surface area (Å²) in [6.07, 6.45) is -0.355. The van der Waals surface area contributed by atoms with E-state index in [1.807, 2.05) is 0 Å². The Labute approximate surface area is 149 Å². The summed E-state index contributed by atoms with van der Waals surface area (Å²) in [7, 11) is 1.18. The summed E-state index contributed by atoms with van der Waals surface area (Å²) in [6.45, 7) is 5.28. The summed E-state index contributed by atoms with van der Waals surface area (Å²) < 4.78 is 22.7. The van der Waals surface area contributed by atoms with Crippen LogP contribution >= 0.6 is 11.8 Å². The predicted octanol–water partition coefficient (Wildman–Crippen LogP) is 2.93. The Morgan fingerprint density at radius 2 is 1.96 bits per heavy atom. The zero-order valence-corrected chi connectivity index (χ0v) is 15.3. The van der Waals surface area contributed by atoms with Gasteiger partial charge in [-0.1, -0.05) is 0 Å². The lowest BCUT2D eigenvalue weighted by Crippen LogP contribution is -2.27. The number of thioether (sulfide) groups is 1. The molecule has 0 unspecified atom stereocenters. The van der Waals surface area contributed by atoms with Gasteiger partial charge in [0.25, 0.3) is 0 Å². The molecular weight excluding hydrogens is 351 g/mol. The molecule has 1 aliphatic heterocycles. The third kappa shape index (κ3) is 7.00. The maximum atomic E-state index is 13.6. The fourth-order valence-corrected chi connectivity index (χ4v) is 2.77. The second-order valence-electron chi connectivity index (χ2n) is 6.00. The van der Waals surface area contributed by atoms with Crippen LogP contribution < -0.4 is 11.1 Å². The molecule has 0 fully saturated rings. The van der Waals surface area contributed by atoms with Gasteiger partial charge in [0, 0.05) is 17.1 Å². The van der Waals surface area contributed by atoms with Crippen molar-refractivity contribution >= 4 is 35.4 Å². The second-order valence-corrected chi connectivity index (χ2v) is 7.14. The molecule has 1 aromatic rings. The van der Waals surface area contributed by atoms with E-state index < -0.39 is 23.5 Å². The quantitative estimate of drug-likeness (QED) is 0.734. The Hall–Kier alpha value is -2.29. The Morgan fingerprint density at radius 3 is 2.44 bits per heavy atom. The summed E-state index contributed by atoms with van der Waals surface area (Å²) >= 11 is 1.38. The Balaban J connectivity index is 0.000000333. The Bertz CT molecular complexity index is 673. The standard InChI is InChI=1S/C11H10FNO3S.C5H11NO2/c1-16-11(15)6-4-8-9(5-7(6)12)17-3-2-10(14)13-8;1-5(2,3)8-4(6)7/h4-5H,2-3H2,1H3,(H,13,14);1-3H3,(H2,6,7). The van der Waals surface area contributed by atoms with Crippen molar-refractivity contribution in [2.24, 2.45) is 5.73 Å². The number of benzene rings is 1. The van der Waals surface area contributed by atoms with E-state index in [2.05, 4.69) is 14.8 Å². The molecule has 0 spiro atoms. The average molecular weight is 372 g/mol. The van der Waals surface area contributed by atoms with Crippen LogP contribution in [0.3, 0.4) is 0 Å². The fourth-order valence-electron chi connectivity index (χ4n) is 1.81. The van der Waals surface area contributed by atoms with Crippen LogP contribution in [-0.4, -0.2) is 36.4 Å². The number of anilines is 1. The number of rotatable bonds is 1. The third-order valence-electron chi connectivity index (χ3n) is 2.74. The number of hydrogen-bond acceptors (Lipinski definition) is 6. The molecule has 1 aliphatic rings. The van der Waals surface area contributed by atoms with Crippen molar-refractivity contribution < 1.29 is 28.2 Å². The van der Waals surface area contributed by atoms with Gasteiger partial charge in [-0.2, -0.15) is 0 Å². The number of nitrogens with one attached hydrogen (secondary N) is 1. The van der Waals surface area contributed by atoms with Crippen LogP contribution in [0.4, 0.5) is 14.9 Å². The van der Waals surface area contributed by atoms with Crippen LogP contribution in [0.2, 0.25) is 0 Å². The molecule has 1 heterocycles. The minimum atomic E-state index is -0.756. The van der Waals surface area contributed by atoms with Gasteiger partial charge >= 0.3 is 12.1 Å². The van der Waals surface area contributed by atoms with E-state index in [9.17, 15) is 18.8 Å². The Morgan fingerprint density at radius 1 is 1.32 bits per heavy atom. The number of methoxy groups -OCH3 is 1. The average Bonchev–Trinajstić information content (AvgIpc) is 2.64. The molecule has 2 rings (SSSR count). The summed E-state index contributed by atoms with van der Waals surface area (Å²) in [5, 5.41) is 2.63.